The Hall–Kier alpha value is -1.16. The molecule has 19 heavy (non-hydrogen) atoms. The van der Waals surface area contributed by atoms with Gasteiger partial charge >= 0.3 is 0 Å². The molecule has 0 bridgehead atoms. The zero-order chi connectivity index (χ0) is 13.9. The largest absolute Gasteiger partial charge is 0.341 e. The highest BCUT2D eigenvalue weighted by Crippen LogP contribution is 2.17. The highest BCUT2D eigenvalue weighted by molar-refractivity contribution is 5.33. The molecule has 1 aromatic rings. The maximum absolute atomic E-state index is 4.67. The number of anilines is 1. The Morgan fingerprint density at radius 3 is 2.47 bits per heavy atom. The maximum Gasteiger partial charge on any atom is 0.225 e. The Kier molecular flexibility index (Phi) is 4.40. The van der Waals surface area contributed by atoms with Crippen molar-refractivity contribution < 1.29 is 0 Å². The van der Waals surface area contributed by atoms with Crippen molar-refractivity contribution in [2.45, 2.75) is 59.0 Å². The molecule has 1 aromatic heterocycles. The molecule has 0 amide bonds. The molecular weight excluding hydrogens is 236 g/mol. The molecule has 0 aliphatic carbocycles. The van der Waals surface area contributed by atoms with Crippen molar-refractivity contribution in [1.29, 1.82) is 0 Å². The number of piperidine rings is 1. The SMILES string of the molecule is Cc1nc(N2CCCCC2)ncc1CNC(C)(C)C. The summed E-state index contributed by atoms with van der Waals surface area (Å²) in [5.74, 6) is 0.900. The van der Waals surface area contributed by atoms with E-state index in [9.17, 15) is 0 Å². The first-order valence-corrected chi connectivity index (χ1v) is 7.28. The monoisotopic (exact) mass is 262 g/mol. The number of hydrogen-bond donors (Lipinski definition) is 1. The molecule has 1 aliphatic heterocycles. The lowest BCUT2D eigenvalue weighted by Crippen LogP contribution is -2.35. The molecule has 1 N–H and O–H groups in total. The first kappa shape index (κ1) is 14.3. The van der Waals surface area contributed by atoms with Gasteiger partial charge in [0, 0.05) is 42.6 Å². The highest BCUT2D eigenvalue weighted by Gasteiger charge is 2.15. The average molecular weight is 262 g/mol. The Balaban J connectivity index is 2.04. The van der Waals surface area contributed by atoms with Crippen LogP contribution in [0, 0.1) is 6.92 Å². The van der Waals surface area contributed by atoms with E-state index < -0.39 is 0 Å². The van der Waals surface area contributed by atoms with Gasteiger partial charge in [-0.05, 0) is 47.0 Å². The second-order valence-corrected chi connectivity index (χ2v) is 6.43. The van der Waals surface area contributed by atoms with Crippen LogP contribution in [-0.4, -0.2) is 28.6 Å². The van der Waals surface area contributed by atoms with E-state index in [1.807, 2.05) is 6.20 Å². The van der Waals surface area contributed by atoms with Gasteiger partial charge in [-0.2, -0.15) is 0 Å². The number of nitrogens with zero attached hydrogens (tertiary/aromatic N) is 3. The second kappa shape index (κ2) is 5.87. The first-order valence-electron chi connectivity index (χ1n) is 7.28. The van der Waals surface area contributed by atoms with Crippen LogP contribution < -0.4 is 10.2 Å². The Morgan fingerprint density at radius 2 is 1.89 bits per heavy atom. The lowest BCUT2D eigenvalue weighted by Gasteiger charge is -2.27. The van der Waals surface area contributed by atoms with Crippen molar-refractivity contribution in [1.82, 2.24) is 15.3 Å². The van der Waals surface area contributed by atoms with E-state index in [1.165, 1.54) is 24.8 Å². The number of rotatable bonds is 3. The van der Waals surface area contributed by atoms with E-state index in [2.05, 4.69) is 47.9 Å². The van der Waals surface area contributed by atoms with E-state index in [0.29, 0.717) is 0 Å². The molecule has 0 aromatic carbocycles. The van der Waals surface area contributed by atoms with Crippen molar-refractivity contribution in [3.8, 4) is 0 Å². The lowest BCUT2D eigenvalue weighted by atomic mass is 10.1. The zero-order valence-electron chi connectivity index (χ0n) is 12.7. The normalized spacial score (nSPS) is 16.7. The Bertz CT molecular complexity index is 417. The average Bonchev–Trinajstić information content (AvgIpc) is 2.37. The third kappa shape index (κ3) is 4.16. The standard InChI is InChI=1S/C15H26N4/c1-12-13(11-17-15(2,3)4)10-16-14(18-12)19-8-6-5-7-9-19/h10,17H,5-9,11H2,1-4H3. The summed E-state index contributed by atoms with van der Waals surface area (Å²) >= 11 is 0. The molecule has 0 saturated carbocycles. The van der Waals surface area contributed by atoms with Gasteiger partial charge in [0.15, 0.2) is 0 Å². The number of aromatic nitrogens is 2. The second-order valence-electron chi connectivity index (χ2n) is 6.43. The van der Waals surface area contributed by atoms with Crippen LogP contribution in [0.15, 0.2) is 6.20 Å². The summed E-state index contributed by atoms with van der Waals surface area (Å²) < 4.78 is 0. The predicted octanol–water partition coefficient (Wildman–Crippen LogP) is 2.66. The Labute approximate surface area is 116 Å². The van der Waals surface area contributed by atoms with Crippen molar-refractivity contribution in [2.24, 2.45) is 0 Å². The van der Waals surface area contributed by atoms with Crippen molar-refractivity contribution in [3.63, 3.8) is 0 Å². The van der Waals surface area contributed by atoms with Gasteiger partial charge in [-0.15, -0.1) is 0 Å². The quantitative estimate of drug-likeness (QED) is 0.909. The predicted molar refractivity (Wildman–Crippen MR) is 79.4 cm³/mol. The van der Waals surface area contributed by atoms with Crippen LogP contribution in [0.4, 0.5) is 5.95 Å². The summed E-state index contributed by atoms with van der Waals surface area (Å²) in [7, 11) is 0. The summed E-state index contributed by atoms with van der Waals surface area (Å²) in [6.07, 6.45) is 5.83. The summed E-state index contributed by atoms with van der Waals surface area (Å²) in [4.78, 5) is 11.5. The molecular formula is C15H26N4. The summed E-state index contributed by atoms with van der Waals surface area (Å²) in [5, 5.41) is 3.48. The van der Waals surface area contributed by atoms with Crippen LogP contribution in [-0.2, 0) is 6.54 Å². The summed E-state index contributed by atoms with van der Waals surface area (Å²) in [6.45, 7) is 11.6. The molecule has 4 nitrogen and oxygen atoms in total. The Morgan fingerprint density at radius 1 is 1.21 bits per heavy atom. The van der Waals surface area contributed by atoms with Crippen molar-refractivity contribution >= 4 is 5.95 Å². The van der Waals surface area contributed by atoms with Crippen LogP contribution in [0.3, 0.4) is 0 Å². The summed E-state index contributed by atoms with van der Waals surface area (Å²) in [6, 6.07) is 0. The summed E-state index contributed by atoms with van der Waals surface area (Å²) in [5.41, 5.74) is 2.40. The van der Waals surface area contributed by atoms with Gasteiger partial charge in [0.25, 0.3) is 0 Å². The molecule has 2 heterocycles. The number of hydrogen-bond acceptors (Lipinski definition) is 4. The minimum Gasteiger partial charge on any atom is -0.341 e. The molecule has 1 fully saturated rings. The van der Waals surface area contributed by atoms with Gasteiger partial charge in [0.2, 0.25) is 5.95 Å². The number of aryl methyl sites for hydroxylation is 1. The minimum atomic E-state index is 0.123. The number of nitrogens with one attached hydrogen (secondary N) is 1. The van der Waals surface area contributed by atoms with E-state index >= 15 is 0 Å². The molecule has 4 heteroatoms. The molecule has 0 radical (unpaired) electrons. The van der Waals surface area contributed by atoms with Crippen LogP contribution in [0.1, 0.15) is 51.3 Å². The topological polar surface area (TPSA) is 41.1 Å². The van der Waals surface area contributed by atoms with Crippen LogP contribution >= 0.6 is 0 Å². The first-order chi connectivity index (χ1) is 8.96. The van der Waals surface area contributed by atoms with Gasteiger partial charge in [-0.25, -0.2) is 9.97 Å². The molecule has 2 rings (SSSR count). The van der Waals surface area contributed by atoms with Gasteiger partial charge in [-0.1, -0.05) is 0 Å². The lowest BCUT2D eigenvalue weighted by molar-refractivity contribution is 0.423. The molecule has 106 valence electrons. The fraction of sp³-hybridized carbons (Fsp3) is 0.733. The van der Waals surface area contributed by atoms with E-state index in [0.717, 1.165) is 31.3 Å². The van der Waals surface area contributed by atoms with Crippen LogP contribution in [0.2, 0.25) is 0 Å². The highest BCUT2D eigenvalue weighted by atomic mass is 15.2. The third-order valence-corrected chi connectivity index (χ3v) is 3.52. The van der Waals surface area contributed by atoms with Gasteiger partial charge in [0.1, 0.15) is 0 Å². The molecule has 1 saturated heterocycles. The van der Waals surface area contributed by atoms with Crippen LogP contribution in [0.5, 0.6) is 0 Å². The molecule has 0 unspecified atom stereocenters. The molecule has 1 aliphatic rings. The van der Waals surface area contributed by atoms with Gasteiger partial charge in [0.05, 0.1) is 0 Å². The van der Waals surface area contributed by atoms with E-state index in [-0.39, 0.29) is 5.54 Å². The fourth-order valence-electron chi connectivity index (χ4n) is 2.26. The van der Waals surface area contributed by atoms with Crippen LogP contribution in [0.25, 0.3) is 0 Å². The molecule has 0 spiro atoms. The third-order valence-electron chi connectivity index (χ3n) is 3.52. The van der Waals surface area contributed by atoms with E-state index in [4.69, 9.17) is 0 Å². The zero-order valence-corrected chi connectivity index (χ0v) is 12.7. The molecule has 0 atom stereocenters. The maximum atomic E-state index is 4.67. The van der Waals surface area contributed by atoms with Crippen molar-refractivity contribution in [2.75, 3.05) is 18.0 Å². The van der Waals surface area contributed by atoms with Crippen molar-refractivity contribution in [3.05, 3.63) is 17.5 Å². The fourth-order valence-corrected chi connectivity index (χ4v) is 2.26. The minimum absolute atomic E-state index is 0.123. The van der Waals surface area contributed by atoms with Gasteiger partial charge < -0.3 is 10.2 Å². The smallest absolute Gasteiger partial charge is 0.225 e. The van der Waals surface area contributed by atoms with Gasteiger partial charge in [-0.3, -0.25) is 0 Å². The van der Waals surface area contributed by atoms with E-state index in [1.54, 1.807) is 0 Å².